The summed E-state index contributed by atoms with van der Waals surface area (Å²) in [7, 11) is 0. The van der Waals surface area contributed by atoms with Crippen molar-refractivity contribution in [3.8, 4) is 0 Å². The van der Waals surface area contributed by atoms with E-state index in [1.165, 1.54) is 0 Å². The highest BCUT2D eigenvalue weighted by Gasteiger charge is 2.16. The number of unbranched alkanes of at least 4 members (excludes halogenated alkanes) is 2. The molecule has 0 rings (SSSR count). The lowest BCUT2D eigenvalue weighted by Crippen LogP contribution is -2.38. The highest BCUT2D eigenvalue weighted by Crippen LogP contribution is 1.99. The first-order valence-corrected chi connectivity index (χ1v) is 5.52. The summed E-state index contributed by atoms with van der Waals surface area (Å²) < 4.78 is 0. The van der Waals surface area contributed by atoms with Crippen molar-refractivity contribution in [2.75, 3.05) is 13.1 Å². The van der Waals surface area contributed by atoms with Crippen LogP contribution in [0.4, 0.5) is 0 Å². The number of hydrogen-bond acceptors (Lipinski definition) is 4. The minimum atomic E-state index is -0.944. The molecule has 0 aliphatic carbocycles. The first-order chi connectivity index (χ1) is 7.57. The van der Waals surface area contributed by atoms with Crippen LogP contribution in [0.1, 0.15) is 32.1 Å². The van der Waals surface area contributed by atoms with Crippen LogP contribution in [-0.4, -0.2) is 36.1 Å². The maximum absolute atomic E-state index is 10.8. The molecular weight excluding hydrogens is 210 g/mol. The van der Waals surface area contributed by atoms with Gasteiger partial charge in [-0.1, -0.05) is 6.42 Å². The second kappa shape index (κ2) is 9.11. The number of hydrogen-bond donors (Lipinski definition) is 4. The van der Waals surface area contributed by atoms with Gasteiger partial charge in [0.1, 0.15) is 6.04 Å². The van der Waals surface area contributed by atoms with E-state index < -0.39 is 17.9 Å². The van der Waals surface area contributed by atoms with E-state index in [9.17, 15) is 9.59 Å². The first kappa shape index (κ1) is 14.9. The molecule has 6 N–H and O–H groups in total. The number of carboxylic acids is 1. The number of rotatable bonds is 10. The van der Waals surface area contributed by atoms with Gasteiger partial charge in [0.15, 0.2) is 0 Å². The molecule has 0 fully saturated rings. The van der Waals surface area contributed by atoms with Gasteiger partial charge >= 0.3 is 5.97 Å². The van der Waals surface area contributed by atoms with Gasteiger partial charge in [-0.2, -0.15) is 0 Å². The van der Waals surface area contributed by atoms with Gasteiger partial charge in [0.25, 0.3) is 0 Å². The normalized spacial score (nSPS) is 12.3. The van der Waals surface area contributed by atoms with Crippen molar-refractivity contribution in [1.29, 1.82) is 0 Å². The molecule has 6 heteroatoms. The van der Waals surface area contributed by atoms with E-state index in [1.807, 2.05) is 0 Å². The number of amides is 1. The number of nitrogens with two attached hydrogens (primary N) is 2. The zero-order chi connectivity index (χ0) is 12.4. The van der Waals surface area contributed by atoms with Crippen LogP contribution in [0, 0.1) is 0 Å². The second-order valence-corrected chi connectivity index (χ2v) is 3.70. The first-order valence-electron chi connectivity index (χ1n) is 5.52. The zero-order valence-corrected chi connectivity index (χ0v) is 9.45. The fourth-order valence-corrected chi connectivity index (χ4v) is 1.32. The molecule has 0 aromatic carbocycles. The van der Waals surface area contributed by atoms with Crippen molar-refractivity contribution in [3.05, 3.63) is 0 Å². The SMILES string of the molecule is NCCCCCN[C@@H](CCC(N)=O)C(=O)O. The molecule has 0 spiro atoms. The fraction of sp³-hybridized carbons (Fsp3) is 0.800. The smallest absolute Gasteiger partial charge is 0.320 e. The van der Waals surface area contributed by atoms with Crippen LogP contribution in [0.15, 0.2) is 0 Å². The lowest BCUT2D eigenvalue weighted by atomic mass is 10.1. The molecule has 0 saturated heterocycles. The summed E-state index contributed by atoms with van der Waals surface area (Å²) in [4.78, 5) is 21.3. The number of primary amides is 1. The Balaban J connectivity index is 3.68. The molecule has 0 saturated carbocycles. The van der Waals surface area contributed by atoms with E-state index in [4.69, 9.17) is 16.6 Å². The Labute approximate surface area is 95.4 Å². The quantitative estimate of drug-likeness (QED) is 0.375. The summed E-state index contributed by atoms with van der Waals surface area (Å²) in [5, 5.41) is 11.7. The van der Waals surface area contributed by atoms with Crippen molar-refractivity contribution < 1.29 is 14.7 Å². The third-order valence-electron chi connectivity index (χ3n) is 2.25. The van der Waals surface area contributed by atoms with Gasteiger partial charge in [-0.25, -0.2) is 0 Å². The molecular formula is C10H21N3O3. The van der Waals surface area contributed by atoms with Gasteiger partial charge in [0.2, 0.25) is 5.91 Å². The third-order valence-corrected chi connectivity index (χ3v) is 2.25. The van der Waals surface area contributed by atoms with Crippen LogP contribution in [-0.2, 0) is 9.59 Å². The molecule has 1 amide bonds. The van der Waals surface area contributed by atoms with Crippen LogP contribution in [0.25, 0.3) is 0 Å². The van der Waals surface area contributed by atoms with Crippen molar-refractivity contribution in [2.24, 2.45) is 11.5 Å². The van der Waals surface area contributed by atoms with Gasteiger partial charge in [0.05, 0.1) is 0 Å². The number of nitrogens with one attached hydrogen (secondary N) is 1. The summed E-state index contributed by atoms with van der Waals surface area (Å²) in [5.41, 5.74) is 10.3. The van der Waals surface area contributed by atoms with E-state index in [1.54, 1.807) is 0 Å². The highest BCUT2D eigenvalue weighted by molar-refractivity contribution is 5.77. The van der Waals surface area contributed by atoms with Gasteiger partial charge in [-0.05, 0) is 32.4 Å². The molecule has 0 unspecified atom stereocenters. The molecule has 1 atom stereocenters. The summed E-state index contributed by atoms with van der Waals surface area (Å²) in [6.07, 6.45) is 3.14. The minimum Gasteiger partial charge on any atom is -0.480 e. The summed E-state index contributed by atoms with van der Waals surface area (Å²) in [5.74, 6) is -1.42. The molecule has 16 heavy (non-hydrogen) atoms. The lowest BCUT2D eigenvalue weighted by Gasteiger charge is -2.13. The van der Waals surface area contributed by atoms with Crippen molar-refractivity contribution in [2.45, 2.75) is 38.1 Å². The summed E-state index contributed by atoms with van der Waals surface area (Å²) >= 11 is 0. The summed E-state index contributed by atoms with van der Waals surface area (Å²) in [6.45, 7) is 1.28. The van der Waals surface area contributed by atoms with Crippen LogP contribution in [0.2, 0.25) is 0 Å². The van der Waals surface area contributed by atoms with E-state index in [2.05, 4.69) is 5.32 Å². The highest BCUT2D eigenvalue weighted by atomic mass is 16.4. The minimum absolute atomic E-state index is 0.0900. The second-order valence-electron chi connectivity index (χ2n) is 3.70. The molecule has 0 aliphatic heterocycles. The fourth-order valence-electron chi connectivity index (χ4n) is 1.32. The molecule has 0 bridgehead atoms. The molecule has 0 aromatic heterocycles. The van der Waals surface area contributed by atoms with E-state index >= 15 is 0 Å². The van der Waals surface area contributed by atoms with Crippen LogP contribution in [0.3, 0.4) is 0 Å². The maximum Gasteiger partial charge on any atom is 0.320 e. The Hall–Kier alpha value is -1.14. The lowest BCUT2D eigenvalue weighted by molar-refractivity contribution is -0.139. The molecule has 94 valence electrons. The Bertz CT molecular complexity index is 221. The Morgan fingerprint density at radius 3 is 2.44 bits per heavy atom. The average molecular weight is 231 g/mol. The molecule has 0 radical (unpaired) electrons. The third kappa shape index (κ3) is 8.19. The largest absolute Gasteiger partial charge is 0.480 e. The van der Waals surface area contributed by atoms with Crippen molar-refractivity contribution in [1.82, 2.24) is 5.32 Å². The van der Waals surface area contributed by atoms with Crippen molar-refractivity contribution in [3.63, 3.8) is 0 Å². The maximum atomic E-state index is 10.8. The molecule has 6 nitrogen and oxygen atoms in total. The Morgan fingerprint density at radius 2 is 1.94 bits per heavy atom. The number of carboxylic acid groups (broad SMARTS) is 1. The zero-order valence-electron chi connectivity index (χ0n) is 9.45. The molecule has 0 heterocycles. The van der Waals surface area contributed by atoms with E-state index in [0.29, 0.717) is 13.1 Å². The number of aliphatic carboxylic acids is 1. The van der Waals surface area contributed by atoms with E-state index in [0.717, 1.165) is 19.3 Å². The van der Waals surface area contributed by atoms with E-state index in [-0.39, 0.29) is 12.8 Å². The average Bonchev–Trinajstić information content (AvgIpc) is 2.21. The van der Waals surface area contributed by atoms with Gasteiger partial charge in [-0.3, -0.25) is 9.59 Å². The monoisotopic (exact) mass is 231 g/mol. The molecule has 0 aromatic rings. The van der Waals surface area contributed by atoms with Crippen LogP contribution in [0.5, 0.6) is 0 Å². The summed E-state index contributed by atoms with van der Waals surface area (Å²) in [6, 6.07) is -0.689. The van der Waals surface area contributed by atoms with Crippen LogP contribution < -0.4 is 16.8 Å². The predicted molar refractivity (Wildman–Crippen MR) is 60.8 cm³/mol. The van der Waals surface area contributed by atoms with Gasteiger partial charge in [-0.15, -0.1) is 0 Å². The predicted octanol–water partition coefficient (Wildman–Crippen LogP) is -0.576. The van der Waals surface area contributed by atoms with Gasteiger partial charge in [0, 0.05) is 6.42 Å². The standard InChI is InChI=1S/C10H21N3O3/c11-6-2-1-3-7-13-8(10(15)16)4-5-9(12)14/h8,13H,1-7,11H2,(H2,12,14)(H,15,16)/t8-/m0/s1. The molecule has 0 aliphatic rings. The number of carbonyl (C=O) groups is 2. The topological polar surface area (TPSA) is 118 Å². The Morgan fingerprint density at radius 1 is 1.25 bits per heavy atom. The number of carbonyl (C=O) groups excluding carboxylic acids is 1. The Kier molecular flexibility index (Phi) is 8.46. The van der Waals surface area contributed by atoms with Crippen LogP contribution >= 0.6 is 0 Å². The van der Waals surface area contributed by atoms with Gasteiger partial charge < -0.3 is 21.9 Å². The van der Waals surface area contributed by atoms with Crippen molar-refractivity contribution >= 4 is 11.9 Å².